The highest BCUT2D eigenvalue weighted by Gasteiger charge is 2.23. The number of anilines is 1. The van der Waals surface area contributed by atoms with Gasteiger partial charge in [-0.2, -0.15) is 4.31 Å². The Kier molecular flexibility index (Phi) is 7.89. The zero-order valence-electron chi connectivity index (χ0n) is 17.6. The Labute approximate surface area is 181 Å². The molecule has 0 saturated carbocycles. The van der Waals surface area contributed by atoms with Gasteiger partial charge < -0.3 is 16.4 Å². The van der Waals surface area contributed by atoms with Crippen LogP contribution in [0.25, 0.3) is 0 Å². The maximum absolute atomic E-state index is 12.6. The lowest BCUT2D eigenvalue weighted by atomic mass is 10.1. The number of sulfonamides is 1. The minimum atomic E-state index is -3.66. The van der Waals surface area contributed by atoms with Crippen LogP contribution >= 0.6 is 0 Å². The van der Waals surface area contributed by atoms with Gasteiger partial charge in [-0.25, -0.2) is 8.42 Å². The minimum Gasteiger partial charge on any atom is -0.370 e. The van der Waals surface area contributed by atoms with Crippen molar-refractivity contribution in [2.24, 2.45) is 5.73 Å². The monoisotopic (exact) mass is 446 g/mol. The molecule has 9 nitrogen and oxygen atoms in total. The molecule has 2 aromatic rings. The predicted octanol–water partition coefficient (Wildman–Crippen LogP) is 1.57. The van der Waals surface area contributed by atoms with Gasteiger partial charge in [0.05, 0.1) is 16.1 Å². The van der Waals surface area contributed by atoms with Crippen molar-refractivity contribution in [3.63, 3.8) is 0 Å². The van der Waals surface area contributed by atoms with Gasteiger partial charge in [0.1, 0.15) is 0 Å². The van der Waals surface area contributed by atoms with Crippen LogP contribution in [0.2, 0.25) is 0 Å². The van der Waals surface area contributed by atoms with Gasteiger partial charge in [-0.3, -0.25) is 14.4 Å². The molecular formula is C21H26N4O5S. The summed E-state index contributed by atoms with van der Waals surface area (Å²) in [5.41, 5.74) is 5.79. The number of nitrogens with two attached hydrogens (primary N) is 1. The summed E-state index contributed by atoms with van der Waals surface area (Å²) in [6.07, 6.45) is 0.00151. The highest BCUT2D eigenvalue weighted by Crippen LogP contribution is 2.19. The zero-order chi connectivity index (χ0) is 23.2. The predicted molar refractivity (Wildman–Crippen MR) is 117 cm³/mol. The van der Waals surface area contributed by atoms with Crippen molar-refractivity contribution < 1.29 is 22.8 Å². The molecule has 0 aromatic heterocycles. The van der Waals surface area contributed by atoms with Crippen molar-refractivity contribution in [3.8, 4) is 0 Å². The molecule has 31 heavy (non-hydrogen) atoms. The number of nitrogens with one attached hydrogen (secondary N) is 2. The van der Waals surface area contributed by atoms with Gasteiger partial charge >= 0.3 is 0 Å². The van der Waals surface area contributed by atoms with Gasteiger partial charge in [0.15, 0.2) is 0 Å². The molecule has 2 aromatic carbocycles. The number of hydrogen-bond donors (Lipinski definition) is 3. The normalized spacial score (nSPS) is 11.4. The van der Waals surface area contributed by atoms with Gasteiger partial charge in [-0.05, 0) is 50.2 Å². The molecule has 0 spiro atoms. The van der Waals surface area contributed by atoms with E-state index < -0.39 is 27.7 Å². The molecule has 0 aliphatic carbocycles. The van der Waals surface area contributed by atoms with Gasteiger partial charge in [0.25, 0.3) is 11.8 Å². The smallest absolute Gasteiger partial charge is 0.255 e. The van der Waals surface area contributed by atoms with Crippen LogP contribution in [-0.4, -0.2) is 50.1 Å². The number of carbonyl (C=O) groups is 3. The van der Waals surface area contributed by atoms with Crippen molar-refractivity contribution in [3.05, 3.63) is 59.7 Å². The van der Waals surface area contributed by atoms with Crippen LogP contribution in [-0.2, 0) is 14.8 Å². The van der Waals surface area contributed by atoms with Crippen LogP contribution in [0.15, 0.2) is 53.4 Å². The largest absolute Gasteiger partial charge is 0.370 e. The number of amides is 3. The highest BCUT2D eigenvalue weighted by molar-refractivity contribution is 7.89. The van der Waals surface area contributed by atoms with Gasteiger partial charge in [0.2, 0.25) is 15.9 Å². The first-order valence-electron chi connectivity index (χ1n) is 9.59. The third-order valence-electron chi connectivity index (χ3n) is 4.60. The van der Waals surface area contributed by atoms with E-state index in [1.165, 1.54) is 41.7 Å². The summed E-state index contributed by atoms with van der Waals surface area (Å²) in [6.45, 7) is 3.61. The first-order chi connectivity index (χ1) is 14.5. The summed E-state index contributed by atoms with van der Waals surface area (Å²) in [7, 11) is -2.16. The summed E-state index contributed by atoms with van der Waals surface area (Å²) in [6, 6.07) is 11.7. The quantitative estimate of drug-likeness (QED) is 0.537. The SMILES string of the molecule is CC(C)N(C)S(=O)(=O)c1ccc(C(=O)Nc2ccccc2C(=O)NCCC(N)=O)cc1. The highest BCUT2D eigenvalue weighted by atomic mass is 32.2. The van der Waals surface area contributed by atoms with Crippen molar-refractivity contribution in [2.45, 2.75) is 31.2 Å². The molecule has 10 heteroatoms. The second kappa shape index (κ2) is 10.2. The second-order valence-electron chi connectivity index (χ2n) is 7.11. The Balaban J connectivity index is 2.16. The van der Waals surface area contributed by atoms with Gasteiger partial charge in [-0.1, -0.05) is 12.1 Å². The Bertz CT molecular complexity index is 1070. The van der Waals surface area contributed by atoms with E-state index in [4.69, 9.17) is 5.73 Å². The van der Waals surface area contributed by atoms with E-state index in [1.807, 2.05) is 0 Å². The number of benzene rings is 2. The number of nitrogens with zero attached hydrogens (tertiary/aromatic N) is 1. The molecule has 0 unspecified atom stereocenters. The molecule has 0 atom stereocenters. The van der Waals surface area contributed by atoms with Crippen molar-refractivity contribution >= 4 is 33.4 Å². The van der Waals surface area contributed by atoms with Crippen LogP contribution < -0.4 is 16.4 Å². The van der Waals surface area contributed by atoms with Gasteiger partial charge in [-0.15, -0.1) is 0 Å². The fourth-order valence-corrected chi connectivity index (χ4v) is 3.97. The first-order valence-corrected chi connectivity index (χ1v) is 11.0. The van der Waals surface area contributed by atoms with E-state index in [9.17, 15) is 22.8 Å². The number of carbonyl (C=O) groups excluding carboxylic acids is 3. The summed E-state index contributed by atoms with van der Waals surface area (Å²) < 4.78 is 26.3. The molecule has 0 aliphatic heterocycles. The summed E-state index contributed by atoms with van der Waals surface area (Å²) in [5, 5.41) is 5.22. The third kappa shape index (κ3) is 6.12. The average Bonchev–Trinajstić information content (AvgIpc) is 2.73. The molecule has 0 saturated heterocycles. The Morgan fingerprint density at radius 1 is 1.00 bits per heavy atom. The summed E-state index contributed by atoms with van der Waals surface area (Å²) in [4.78, 5) is 35.9. The van der Waals surface area contributed by atoms with Crippen LogP contribution in [0.3, 0.4) is 0 Å². The molecule has 0 radical (unpaired) electrons. The molecular weight excluding hydrogens is 420 g/mol. The van der Waals surface area contributed by atoms with E-state index in [-0.39, 0.29) is 40.7 Å². The lowest BCUT2D eigenvalue weighted by Gasteiger charge is -2.21. The molecule has 0 fully saturated rings. The topological polar surface area (TPSA) is 139 Å². The lowest BCUT2D eigenvalue weighted by molar-refractivity contribution is -0.117. The Morgan fingerprint density at radius 2 is 1.61 bits per heavy atom. The molecule has 2 rings (SSSR count). The van der Waals surface area contributed by atoms with Gasteiger partial charge in [0, 0.05) is 31.6 Å². The maximum Gasteiger partial charge on any atom is 0.255 e. The van der Waals surface area contributed by atoms with Crippen molar-refractivity contribution in [1.29, 1.82) is 0 Å². The Morgan fingerprint density at radius 3 is 2.19 bits per heavy atom. The van der Waals surface area contributed by atoms with Crippen molar-refractivity contribution in [2.75, 3.05) is 18.9 Å². The number of rotatable bonds is 9. The fourth-order valence-electron chi connectivity index (χ4n) is 2.60. The maximum atomic E-state index is 12.6. The van der Waals surface area contributed by atoms with E-state index in [0.29, 0.717) is 0 Å². The second-order valence-corrected chi connectivity index (χ2v) is 9.11. The molecule has 4 N–H and O–H groups in total. The van der Waals surface area contributed by atoms with Crippen LogP contribution in [0.1, 0.15) is 41.0 Å². The number of primary amides is 1. The third-order valence-corrected chi connectivity index (χ3v) is 6.65. The summed E-state index contributed by atoms with van der Waals surface area (Å²) >= 11 is 0. The van der Waals surface area contributed by atoms with Crippen LogP contribution in [0, 0.1) is 0 Å². The van der Waals surface area contributed by atoms with E-state index in [0.717, 1.165) is 0 Å². The fraction of sp³-hybridized carbons (Fsp3) is 0.286. The standard InChI is InChI=1S/C21H26N4O5S/c1-14(2)25(3)31(29,30)16-10-8-15(9-11-16)20(27)24-18-7-5-4-6-17(18)21(28)23-13-12-19(22)26/h4-11,14H,12-13H2,1-3H3,(H2,22,26)(H,23,28)(H,24,27). The number of para-hydroxylation sites is 1. The van der Waals surface area contributed by atoms with E-state index in [1.54, 1.807) is 32.0 Å². The number of hydrogen-bond acceptors (Lipinski definition) is 5. The molecule has 0 bridgehead atoms. The van der Waals surface area contributed by atoms with Crippen LogP contribution in [0.4, 0.5) is 5.69 Å². The first kappa shape index (κ1) is 24.0. The minimum absolute atomic E-state index is 0.00151. The molecule has 0 aliphatic rings. The van der Waals surface area contributed by atoms with E-state index >= 15 is 0 Å². The summed E-state index contributed by atoms with van der Waals surface area (Å²) in [5.74, 6) is -1.50. The Hall–Kier alpha value is -3.24. The molecule has 0 heterocycles. The zero-order valence-corrected chi connectivity index (χ0v) is 18.4. The molecule has 166 valence electrons. The van der Waals surface area contributed by atoms with Crippen molar-refractivity contribution in [1.82, 2.24) is 9.62 Å². The molecule has 3 amide bonds. The van der Waals surface area contributed by atoms with Crippen LogP contribution in [0.5, 0.6) is 0 Å². The van der Waals surface area contributed by atoms with E-state index in [2.05, 4.69) is 10.6 Å². The average molecular weight is 447 g/mol. The lowest BCUT2D eigenvalue weighted by Crippen LogP contribution is -2.33.